The normalized spacial score (nSPS) is 13.6. The molecule has 0 aromatic carbocycles. The lowest BCUT2D eigenvalue weighted by atomic mass is 9.88. The summed E-state index contributed by atoms with van der Waals surface area (Å²) in [5, 5.41) is 3.38. The van der Waals surface area contributed by atoms with Crippen LogP contribution in [-0.4, -0.2) is 26.2 Å². The molecule has 3 nitrogen and oxygen atoms in total. The van der Waals surface area contributed by atoms with Crippen molar-refractivity contribution in [3.8, 4) is 0 Å². The second-order valence-corrected chi connectivity index (χ2v) is 5.17. The number of hydrogen-bond donors (Lipinski definition) is 1. The monoisotopic (exact) mass is 229 g/mol. The van der Waals surface area contributed by atoms with Gasteiger partial charge >= 0.3 is 5.97 Å². The van der Waals surface area contributed by atoms with E-state index in [2.05, 4.69) is 26.1 Å². The Bertz CT molecular complexity index is 202. The van der Waals surface area contributed by atoms with Crippen molar-refractivity contribution in [1.82, 2.24) is 5.32 Å². The molecular formula is C13H27NO2. The van der Waals surface area contributed by atoms with Gasteiger partial charge in [0.25, 0.3) is 0 Å². The van der Waals surface area contributed by atoms with Gasteiger partial charge in [-0.05, 0) is 18.3 Å². The van der Waals surface area contributed by atoms with Crippen LogP contribution in [-0.2, 0) is 9.53 Å². The summed E-state index contributed by atoms with van der Waals surface area (Å²) in [7, 11) is 1.45. The summed E-state index contributed by atoms with van der Waals surface area (Å²) in [6, 6.07) is 0. The Kier molecular flexibility index (Phi) is 7.39. The van der Waals surface area contributed by atoms with E-state index in [4.69, 9.17) is 4.74 Å². The number of nitrogens with one attached hydrogen (secondary N) is 1. The largest absolute Gasteiger partial charge is 0.469 e. The molecule has 0 saturated carbocycles. The number of carbonyl (C=O) groups is 1. The Balaban J connectivity index is 3.90. The summed E-state index contributed by atoms with van der Waals surface area (Å²) in [4.78, 5) is 11.4. The molecule has 0 saturated heterocycles. The van der Waals surface area contributed by atoms with Gasteiger partial charge in [0.05, 0.1) is 13.0 Å². The molecule has 3 heteroatoms. The average molecular weight is 229 g/mol. The number of carbonyl (C=O) groups excluding carboxylic acids is 1. The average Bonchev–Trinajstić information content (AvgIpc) is 2.23. The van der Waals surface area contributed by atoms with Crippen molar-refractivity contribution in [2.45, 2.75) is 47.0 Å². The first-order valence-electron chi connectivity index (χ1n) is 6.25. The van der Waals surface area contributed by atoms with E-state index in [1.165, 1.54) is 20.0 Å². The summed E-state index contributed by atoms with van der Waals surface area (Å²) in [6.07, 6.45) is 3.23. The van der Waals surface area contributed by atoms with Gasteiger partial charge in [0, 0.05) is 13.1 Å². The van der Waals surface area contributed by atoms with Crippen molar-refractivity contribution in [3.63, 3.8) is 0 Å². The lowest BCUT2D eigenvalue weighted by Crippen LogP contribution is -2.35. The van der Waals surface area contributed by atoms with Crippen molar-refractivity contribution >= 4 is 5.97 Å². The van der Waals surface area contributed by atoms with Crippen molar-refractivity contribution in [2.75, 3.05) is 20.2 Å². The van der Waals surface area contributed by atoms with Gasteiger partial charge in [-0.2, -0.15) is 0 Å². The molecule has 0 radical (unpaired) electrons. The molecule has 0 aromatic heterocycles. The molecule has 0 fully saturated rings. The van der Waals surface area contributed by atoms with E-state index in [-0.39, 0.29) is 11.9 Å². The van der Waals surface area contributed by atoms with Crippen LogP contribution in [0.5, 0.6) is 0 Å². The van der Waals surface area contributed by atoms with Gasteiger partial charge in [-0.3, -0.25) is 4.79 Å². The molecule has 96 valence electrons. The zero-order chi connectivity index (χ0) is 12.6. The minimum absolute atomic E-state index is 0.0116. The summed E-state index contributed by atoms with van der Waals surface area (Å²) in [6.45, 7) is 10.4. The standard InChI is InChI=1S/C13H27NO2/c1-6-8-13(3,4)10-14-9-11(7-2)12(15)16-5/h11,14H,6-10H2,1-5H3. The fourth-order valence-corrected chi connectivity index (χ4v) is 1.91. The first-order chi connectivity index (χ1) is 7.46. The third kappa shape index (κ3) is 6.11. The maximum Gasteiger partial charge on any atom is 0.309 e. The van der Waals surface area contributed by atoms with E-state index < -0.39 is 0 Å². The summed E-state index contributed by atoms with van der Waals surface area (Å²) < 4.78 is 4.75. The smallest absolute Gasteiger partial charge is 0.309 e. The van der Waals surface area contributed by atoms with Gasteiger partial charge in [-0.1, -0.05) is 34.1 Å². The summed E-state index contributed by atoms with van der Waals surface area (Å²) in [5.74, 6) is -0.120. The lowest BCUT2D eigenvalue weighted by molar-refractivity contribution is -0.145. The van der Waals surface area contributed by atoms with Crippen molar-refractivity contribution in [1.29, 1.82) is 0 Å². The fraction of sp³-hybridized carbons (Fsp3) is 0.923. The van der Waals surface area contributed by atoms with Crippen LogP contribution in [0.3, 0.4) is 0 Å². The number of hydrogen-bond acceptors (Lipinski definition) is 3. The van der Waals surface area contributed by atoms with E-state index in [0.29, 0.717) is 5.41 Å². The minimum Gasteiger partial charge on any atom is -0.469 e. The lowest BCUT2D eigenvalue weighted by Gasteiger charge is -2.25. The Hall–Kier alpha value is -0.570. The highest BCUT2D eigenvalue weighted by Gasteiger charge is 2.19. The number of rotatable bonds is 8. The van der Waals surface area contributed by atoms with Crippen LogP contribution in [0.4, 0.5) is 0 Å². The first-order valence-corrected chi connectivity index (χ1v) is 6.25. The topological polar surface area (TPSA) is 38.3 Å². The van der Waals surface area contributed by atoms with E-state index >= 15 is 0 Å². The molecule has 1 N–H and O–H groups in total. The summed E-state index contributed by atoms with van der Waals surface area (Å²) in [5.41, 5.74) is 0.309. The number of esters is 1. The highest BCUT2D eigenvalue weighted by atomic mass is 16.5. The van der Waals surface area contributed by atoms with Crippen LogP contribution in [0.25, 0.3) is 0 Å². The Labute approximate surface area is 99.9 Å². The minimum atomic E-state index is -0.108. The third-order valence-electron chi connectivity index (χ3n) is 2.95. The predicted octanol–water partition coefficient (Wildman–Crippen LogP) is 2.60. The van der Waals surface area contributed by atoms with Crippen LogP contribution < -0.4 is 5.32 Å². The Morgan fingerprint density at radius 2 is 2.00 bits per heavy atom. The molecule has 0 aliphatic carbocycles. The van der Waals surface area contributed by atoms with Crippen LogP contribution >= 0.6 is 0 Å². The predicted molar refractivity (Wildman–Crippen MR) is 67.4 cm³/mol. The molecule has 16 heavy (non-hydrogen) atoms. The number of methoxy groups -OCH3 is 1. The second kappa shape index (κ2) is 7.66. The molecule has 1 unspecified atom stereocenters. The zero-order valence-corrected chi connectivity index (χ0v) is 11.4. The zero-order valence-electron chi connectivity index (χ0n) is 11.4. The van der Waals surface area contributed by atoms with Crippen molar-refractivity contribution in [3.05, 3.63) is 0 Å². The molecular weight excluding hydrogens is 202 g/mol. The Morgan fingerprint density at radius 3 is 2.44 bits per heavy atom. The van der Waals surface area contributed by atoms with Crippen molar-refractivity contribution < 1.29 is 9.53 Å². The quantitative estimate of drug-likeness (QED) is 0.650. The fourth-order valence-electron chi connectivity index (χ4n) is 1.91. The number of ether oxygens (including phenoxy) is 1. The SMILES string of the molecule is CCCC(C)(C)CNCC(CC)C(=O)OC. The van der Waals surface area contributed by atoms with Crippen LogP contribution in [0, 0.1) is 11.3 Å². The van der Waals surface area contributed by atoms with Gasteiger partial charge < -0.3 is 10.1 Å². The van der Waals surface area contributed by atoms with Crippen molar-refractivity contribution in [2.24, 2.45) is 11.3 Å². The highest BCUT2D eigenvalue weighted by Crippen LogP contribution is 2.20. The van der Waals surface area contributed by atoms with E-state index in [1.807, 2.05) is 6.92 Å². The maximum absolute atomic E-state index is 11.4. The van der Waals surface area contributed by atoms with Crippen LogP contribution in [0.15, 0.2) is 0 Å². The van der Waals surface area contributed by atoms with Gasteiger partial charge in [0.2, 0.25) is 0 Å². The van der Waals surface area contributed by atoms with Gasteiger partial charge in [-0.25, -0.2) is 0 Å². The first kappa shape index (κ1) is 15.4. The van der Waals surface area contributed by atoms with Gasteiger partial charge in [-0.15, -0.1) is 0 Å². The Morgan fingerprint density at radius 1 is 1.38 bits per heavy atom. The van der Waals surface area contributed by atoms with Crippen LogP contribution in [0.1, 0.15) is 47.0 Å². The molecule has 0 aromatic rings. The van der Waals surface area contributed by atoms with Gasteiger partial charge in [0.15, 0.2) is 0 Å². The molecule has 1 atom stereocenters. The van der Waals surface area contributed by atoms with E-state index in [0.717, 1.165) is 19.5 Å². The molecule has 0 amide bonds. The molecule has 0 aliphatic rings. The van der Waals surface area contributed by atoms with E-state index in [1.54, 1.807) is 0 Å². The summed E-state index contributed by atoms with van der Waals surface area (Å²) >= 11 is 0. The maximum atomic E-state index is 11.4. The molecule has 0 bridgehead atoms. The highest BCUT2D eigenvalue weighted by molar-refractivity contribution is 5.72. The molecule has 0 aliphatic heterocycles. The molecule has 0 spiro atoms. The van der Waals surface area contributed by atoms with Crippen LogP contribution in [0.2, 0.25) is 0 Å². The molecule has 0 rings (SSSR count). The van der Waals surface area contributed by atoms with Gasteiger partial charge in [0.1, 0.15) is 0 Å². The second-order valence-electron chi connectivity index (χ2n) is 5.17. The third-order valence-corrected chi connectivity index (χ3v) is 2.95. The van der Waals surface area contributed by atoms with E-state index in [9.17, 15) is 4.79 Å². The molecule has 0 heterocycles.